The largest absolute Gasteiger partial charge is 0.479 e. The lowest BCUT2D eigenvalue weighted by atomic mass is 10.1. The van der Waals surface area contributed by atoms with Crippen molar-refractivity contribution in [2.24, 2.45) is 0 Å². The maximum Gasteiger partial charge on any atom is 0.347 e. The smallest absolute Gasteiger partial charge is 0.347 e. The van der Waals surface area contributed by atoms with E-state index in [0.717, 1.165) is 10.0 Å². The van der Waals surface area contributed by atoms with Crippen molar-refractivity contribution in [1.29, 1.82) is 0 Å². The molecular formula is C19H20BrNO4. The Balaban J connectivity index is 1.76. The molecule has 0 radical (unpaired) electrons. The third-order valence-corrected chi connectivity index (χ3v) is 4.01. The highest BCUT2D eigenvalue weighted by Crippen LogP contribution is 2.17. The molecule has 2 atom stereocenters. The Bertz CT molecular complexity index is 703. The second-order valence-corrected chi connectivity index (χ2v) is 6.44. The van der Waals surface area contributed by atoms with Gasteiger partial charge in [-0.1, -0.05) is 46.3 Å². The van der Waals surface area contributed by atoms with Crippen molar-refractivity contribution in [2.45, 2.75) is 26.0 Å². The normalized spacial score (nSPS) is 12.8. The first-order valence-electron chi connectivity index (χ1n) is 7.89. The van der Waals surface area contributed by atoms with Crippen LogP contribution in [0.4, 0.5) is 0 Å². The van der Waals surface area contributed by atoms with Gasteiger partial charge in [0.15, 0.2) is 12.7 Å². The molecule has 1 N–H and O–H groups in total. The van der Waals surface area contributed by atoms with Crippen molar-refractivity contribution < 1.29 is 19.1 Å². The lowest BCUT2D eigenvalue weighted by molar-refractivity contribution is -0.154. The number of carbonyl (C=O) groups is 2. The third kappa shape index (κ3) is 6.23. The lowest BCUT2D eigenvalue weighted by Crippen LogP contribution is -2.34. The number of nitrogens with one attached hydrogen (secondary N) is 1. The molecule has 5 nitrogen and oxygen atoms in total. The van der Waals surface area contributed by atoms with Gasteiger partial charge in [-0.2, -0.15) is 0 Å². The molecule has 2 aromatic rings. The molecule has 0 saturated carbocycles. The van der Waals surface area contributed by atoms with Crippen molar-refractivity contribution in [1.82, 2.24) is 5.32 Å². The van der Waals surface area contributed by atoms with E-state index in [1.807, 2.05) is 49.4 Å². The Morgan fingerprint density at radius 1 is 1.04 bits per heavy atom. The van der Waals surface area contributed by atoms with E-state index in [0.29, 0.717) is 5.75 Å². The maximum atomic E-state index is 11.9. The third-order valence-electron chi connectivity index (χ3n) is 3.48. The summed E-state index contributed by atoms with van der Waals surface area (Å²) in [4.78, 5) is 23.9. The highest BCUT2D eigenvalue weighted by Gasteiger charge is 2.18. The van der Waals surface area contributed by atoms with E-state index in [1.54, 1.807) is 19.1 Å². The molecule has 132 valence electrons. The summed E-state index contributed by atoms with van der Waals surface area (Å²) in [5.41, 5.74) is 0.981. The molecule has 1 amide bonds. The fourth-order valence-corrected chi connectivity index (χ4v) is 2.39. The summed E-state index contributed by atoms with van der Waals surface area (Å²) in [6.45, 7) is 3.10. The van der Waals surface area contributed by atoms with Crippen molar-refractivity contribution in [3.8, 4) is 5.75 Å². The molecular weight excluding hydrogens is 386 g/mol. The van der Waals surface area contributed by atoms with Gasteiger partial charge in [0.25, 0.3) is 5.91 Å². The van der Waals surface area contributed by atoms with Gasteiger partial charge in [-0.25, -0.2) is 4.79 Å². The minimum Gasteiger partial charge on any atom is -0.479 e. The molecule has 0 aliphatic heterocycles. The summed E-state index contributed by atoms with van der Waals surface area (Å²) >= 11 is 3.33. The van der Waals surface area contributed by atoms with Crippen LogP contribution in [-0.4, -0.2) is 24.6 Å². The van der Waals surface area contributed by atoms with Crippen molar-refractivity contribution in [3.63, 3.8) is 0 Å². The Labute approximate surface area is 155 Å². The number of rotatable bonds is 7. The van der Waals surface area contributed by atoms with Crippen LogP contribution in [0.5, 0.6) is 5.75 Å². The summed E-state index contributed by atoms with van der Waals surface area (Å²) in [7, 11) is 0. The second kappa shape index (κ2) is 9.22. The van der Waals surface area contributed by atoms with Crippen LogP contribution in [0.25, 0.3) is 0 Å². The number of hydrogen-bond donors (Lipinski definition) is 1. The highest BCUT2D eigenvalue weighted by atomic mass is 79.9. The summed E-state index contributed by atoms with van der Waals surface area (Å²) in [5, 5.41) is 2.78. The quantitative estimate of drug-likeness (QED) is 0.714. The van der Waals surface area contributed by atoms with Gasteiger partial charge in [-0.3, -0.25) is 4.79 Å². The predicted molar refractivity (Wildman–Crippen MR) is 98.2 cm³/mol. The summed E-state index contributed by atoms with van der Waals surface area (Å²) in [6.07, 6.45) is -0.805. The summed E-state index contributed by atoms with van der Waals surface area (Å²) < 4.78 is 11.4. The average molecular weight is 406 g/mol. The summed E-state index contributed by atoms with van der Waals surface area (Å²) in [5.74, 6) is -0.402. The second-order valence-electron chi connectivity index (χ2n) is 5.52. The number of ether oxygens (including phenoxy) is 2. The number of esters is 1. The molecule has 2 rings (SSSR count). The molecule has 0 aliphatic carbocycles. The SMILES string of the molecule is C[C@H](NC(=O)COC(=O)[C@@H](C)Oc1ccc(Br)cc1)c1ccccc1. The van der Waals surface area contributed by atoms with Gasteiger partial charge >= 0.3 is 5.97 Å². The number of halogens is 1. The van der Waals surface area contributed by atoms with Gasteiger partial charge in [-0.15, -0.1) is 0 Å². The van der Waals surface area contributed by atoms with Crippen LogP contribution in [0, 0.1) is 0 Å². The van der Waals surface area contributed by atoms with Crippen molar-refractivity contribution >= 4 is 27.8 Å². The molecule has 2 aromatic carbocycles. The van der Waals surface area contributed by atoms with Crippen LogP contribution >= 0.6 is 15.9 Å². The van der Waals surface area contributed by atoms with E-state index in [-0.39, 0.29) is 18.6 Å². The molecule has 6 heteroatoms. The van der Waals surface area contributed by atoms with E-state index >= 15 is 0 Å². The van der Waals surface area contributed by atoms with Crippen molar-refractivity contribution in [2.75, 3.05) is 6.61 Å². The van der Waals surface area contributed by atoms with E-state index in [2.05, 4.69) is 21.2 Å². The van der Waals surface area contributed by atoms with Crippen molar-refractivity contribution in [3.05, 3.63) is 64.6 Å². The number of hydrogen-bond acceptors (Lipinski definition) is 4. The van der Waals surface area contributed by atoms with Crippen LogP contribution in [0.15, 0.2) is 59.1 Å². The van der Waals surface area contributed by atoms with Crippen LogP contribution < -0.4 is 10.1 Å². The maximum absolute atomic E-state index is 11.9. The van der Waals surface area contributed by atoms with Gasteiger partial charge < -0.3 is 14.8 Å². The Kier molecular flexibility index (Phi) is 7.01. The average Bonchev–Trinajstić information content (AvgIpc) is 2.62. The predicted octanol–water partition coefficient (Wildman–Crippen LogP) is 3.64. The number of carbonyl (C=O) groups excluding carboxylic acids is 2. The Hall–Kier alpha value is -2.34. The lowest BCUT2D eigenvalue weighted by Gasteiger charge is -2.16. The molecule has 0 unspecified atom stereocenters. The number of amides is 1. The van der Waals surface area contributed by atoms with Crippen LogP contribution in [0.3, 0.4) is 0 Å². The van der Waals surface area contributed by atoms with E-state index < -0.39 is 12.1 Å². The number of benzene rings is 2. The van der Waals surface area contributed by atoms with Crippen LogP contribution in [0.2, 0.25) is 0 Å². The zero-order valence-corrected chi connectivity index (χ0v) is 15.7. The van der Waals surface area contributed by atoms with Crippen LogP contribution in [0.1, 0.15) is 25.5 Å². The molecule has 0 bridgehead atoms. The van der Waals surface area contributed by atoms with Crippen LogP contribution in [-0.2, 0) is 14.3 Å². The molecule has 0 spiro atoms. The van der Waals surface area contributed by atoms with Gasteiger partial charge in [-0.05, 0) is 43.7 Å². The molecule has 0 aromatic heterocycles. The first kappa shape index (κ1) is 19.0. The Morgan fingerprint density at radius 2 is 1.68 bits per heavy atom. The monoisotopic (exact) mass is 405 g/mol. The minimum atomic E-state index is -0.805. The van der Waals surface area contributed by atoms with Gasteiger partial charge in [0.1, 0.15) is 5.75 Å². The molecule has 0 fully saturated rings. The van der Waals surface area contributed by atoms with E-state index in [1.165, 1.54) is 0 Å². The molecule has 0 saturated heterocycles. The molecule has 0 aliphatic rings. The fourth-order valence-electron chi connectivity index (χ4n) is 2.13. The van der Waals surface area contributed by atoms with E-state index in [4.69, 9.17) is 9.47 Å². The molecule has 0 heterocycles. The topological polar surface area (TPSA) is 64.6 Å². The zero-order valence-electron chi connectivity index (χ0n) is 14.1. The fraction of sp³-hybridized carbons (Fsp3) is 0.263. The Morgan fingerprint density at radius 3 is 2.32 bits per heavy atom. The highest BCUT2D eigenvalue weighted by molar-refractivity contribution is 9.10. The van der Waals surface area contributed by atoms with Gasteiger partial charge in [0, 0.05) is 4.47 Å². The van der Waals surface area contributed by atoms with Gasteiger partial charge in [0.05, 0.1) is 6.04 Å². The standard InChI is InChI=1S/C19H20BrNO4/c1-13(15-6-4-3-5-7-15)21-18(22)12-24-19(23)14(2)25-17-10-8-16(20)9-11-17/h3-11,13-14H,12H2,1-2H3,(H,21,22)/t13-,14+/m0/s1. The molecule has 25 heavy (non-hydrogen) atoms. The first-order valence-corrected chi connectivity index (χ1v) is 8.68. The summed E-state index contributed by atoms with van der Waals surface area (Å²) in [6, 6.07) is 16.5. The van der Waals surface area contributed by atoms with E-state index in [9.17, 15) is 9.59 Å². The zero-order chi connectivity index (χ0) is 18.2. The van der Waals surface area contributed by atoms with Gasteiger partial charge in [0.2, 0.25) is 0 Å². The first-order chi connectivity index (χ1) is 12.0. The minimum absolute atomic E-state index is 0.163.